The van der Waals surface area contributed by atoms with Gasteiger partial charge in [0.2, 0.25) is 10.0 Å². The number of rotatable bonds is 8. The quantitative estimate of drug-likeness (QED) is 0.289. The first-order chi connectivity index (χ1) is 18.9. The van der Waals surface area contributed by atoms with Crippen LogP contribution in [-0.2, 0) is 33.0 Å². The number of aromatic nitrogens is 1. The molecule has 9 nitrogen and oxygen atoms in total. The summed E-state index contributed by atoms with van der Waals surface area (Å²) in [7, 11) is -0.672. The van der Waals surface area contributed by atoms with Gasteiger partial charge in [-0.3, -0.25) is 14.3 Å². The van der Waals surface area contributed by atoms with Crippen LogP contribution in [0.5, 0.6) is 0 Å². The lowest BCUT2D eigenvalue weighted by molar-refractivity contribution is -0.142. The largest absolute Gasteiger partial charge is 0.467 e. The molecule has 1 amide bonds. The van der Waals surface area contributed by atoms with Crippen molar-refractivity contribution in [1.29, 1.82) is 0 Å². The van der Waals surface area contributed by atoms with Crippen molar-refractivity contribution in [2.24, 2.45) is 7.05 Å². The van der Waals surface area contributed by atoms with Gasteiger partial charge in [0.05, 0.1) is 40.2 Å². The number of amides is 1. The van der Waals surface area contributed by atoms with Crippen LogP contribution in [0.2, 0.25) is 10.0 Å². The van der Waals surface area contributed by atoms with Gasteiger partial charge in [0.1, 0.15) is 6.04 Å². The molecule has 1 aromatic heterocycles. The maximum atomic E-state index is 13.1. The van der Waals surface area contributed by atoms with Gasteiger partial charge in [-0.2, -0.15) is 0 Å². The van der Waals surface area contributed by atoms with Gasteiger partial charge in [-0.1, -0.05) is 65.7 Å². The van der Waals surface area contributed by atoms with Crippen LogP contribution in [0.15, 0.2) is 71.5 Å². The number of carbonyl (C=O) groups is 2. The van der Waals surface area contributed by atoms with Crippen molar-refractivity contribution < 1.29 is 22.7 Å². The number of anilines is 1. The third-order valence-electron chi connectivity index (χ3n) is 6.20. The van der Waals surface area contributed by atoms with Crippen molar-refractivity contribution in [3.63, 3.8) is 0 Å². The van der Waals surface area contributed by atoms with E-state index >= 15 is 0 Å². The van der Waals surface area contributed by atoms with Crippen LogP contribution in [-0.4, -0.2) is 44.3 Å². The lowest BCUT2D eigenvalue weighted by Crippen LogP contribution is -2.43. The Balaban J connectivity index is 1.57. The van der Waals surface area contributed by atoms with Gasteiger partial charge in [-0.25, -0.2) is 13.2 Å². The van der Waals surface area contributed by atoms with Crippen LogP contribution in [0.1, 0.15) is 15.9 Å². The number of methoxy groups -OCH3 is 1. The molecule has 0 bridgehead atoms. The van der Waals surface area contributed by atoms with Crippen LogP contribution in [0.25, 0.3) is 22.0 Å². The van der Waals surface area contributed by atoms with E-state index in [4.69, 9.17) is 27.9 Å². The second-order valence-electron chi connectivity index (χ2n) is 9.12. The van der Waals surface area contributed by atoms with E-state index in [-0.39, 0.29) is 33.3 Å². The van der Waals surface area contributed by atoms with Crippen molar-refractivity contribution >= 4 is 61.7 Å². The molecule has 0 aliphatic rings. The second-order valence-corrected chi connectivity index (χ2v) is 11.7. The summed E-state index contributed by atoms with van der Waals surface area (Å²) >= 11 is 12.5. The molecule has 0 unspecified atom stereocenters. The molecular formula is C28H25Cl2N3O6S. The van der Waals surface area contributed by atoms with Crippen LogP contribution in [0.4, 0.5) is 5.69 Å². The number of fused-ring (bicyclic) bond motifs is 1. The minimum atomic E-state index is -3.59. The molecule has 0 spiro atoms. The number of pyridine rings is 1. The highest BCUT2D eigenvalue weighted by atomic mass is 35.5. The summed E-state index contributed by atoms with van der Waals surface area (Å²) in [5.41, 5.74) is 2.57. The Hall–Kier alpha value is -3.86. The summed E-state index contributed by atoms with van der Waals surface area (Å²) < 4.78 is 31.7. The van der Waals surface area contributed by atoms with E-state index in [1.165, 1.54) is 19.2 Å². The topological polar surface area (TPSA) is 124 Å². The van der Waals surface area contributed by atoms with Crippen molar-refractivity contribution in [2.45, 2.75) is 12.5 Å². The number of benzene rings is 3. The lowest BCUT2D eigenvalue weighted by Gasteiger charge is -2.18. The maximum Gasteiger partial charge on any atom is 0.328 e. The maximum absolute atomic E-state index is 13.1. The third-order valence-corrected chi connectivity index (χ3v) is 7.40. The van der Waals surface area contributed by atoms with Gasteiger partial charge in [-0.05, 0) is 40.8 Å². The SMILES string of the molecule is COC(=O)[C@H](Cc1ccc(-c2cc3ccccc3n(C)c2=O)cc1)NC(=O)c1c(Cl)cc(NS(C)(=O)=O)cc1Cl. The molecule has 0 aliphatic heterocycles. The number of nitrogens with one attached hydrogen (secondary N) is 2. The molecule has 1 atom stereocenters. The Morgan fingerprint density at radius 1 is 1.00 bits per heavy atom. The summed E-state index contributed by atoms with van der Waals surface area (Å²) in [4.78, 5) is 38.6. The molecule has 208 valence electrons. The monoisotopic (exact) mass is 601 g/mol. The summed E-state index contributed by atoms with van der Waals surface area (Å²) in [5.74, 6) is -1.43. The Kier molecular flexibility index (Phi) is 8.53. The van der Waals surface area contributed by atoms with Gasteiger partial charge >= 0.3 is 5.97 Å². The van der Waals surface area contributed by atoms with Gasteiger partial charge < -0.3 is 14.6 Å². The molecule has 12 heteroatoms. The van der Waals surface area contributed by atoms with E-state index < -0.39 is 27.9 Å². The van der Waals surface area contributed by atoms with Gasteiger partial charge in [-0.15, -0.1) is 0 Å². The number of ether oxygens (including phenoxy) is 1. The fourth-order valence-corrected chi connectivity index (χ4v) is 5.52. The first-order valence-electron chi connectivity index (χ1n) is 11.9. The molecule has 4 aromatic rings. The molecule has 1 heterocycles. The van der Waals surface area contributed by atoms with Crippen LogP contribution in [0, 0.1) is 0 Å². The average molecular weight is 602 g/mol. The zero-order chi connectivity index (χ0) is 29.2. The standard InChI is InChI=1S/C28H25Cl2N3O6S/c1-33-24-7-5-4-6-18(24)13-20(27(33)35)17-10-8-16(9-11-17)12-23(28(36)39-2)31-26(34)25-21(29)14-19(15-22(25)30)32-40(3,37)38/h4-11,13-15,23,32H,12H2,1-3H3,(H,31,34)/t23-/m0/s1. The zero-order valence-electron chi connectivity index (χ0n) is 21.7. The molecule has 0 saturated heterocycles. The molecular weight excluding hydrogens is 577 g/mol. The molecule has 2 N–H and O–H groups in total. The fraction of sp³-hybridized carbons (Fsp3) is 0.179. The smallest absolute Gasteiger partial charge is 0.328 e. The molecule has 4 rings (SSSR count). The Labute approximate surface area is 240 Å². The predicted molar refractivity (Wildman–Crippen MR) is 157 cm³/mol. The lowest BCUT2D eigenvalue weighted by atomic mass is 10.00. The molecule has 0 radical (unpaired) electrons. The van der Waals surface area contributed by atoms with Gasteiger partial charge in [0.25, 0.3) is 11.5 Å². The van der Waals surface area contributed by atoms with Crippen LogP contribution >= 0.6 is 23.2 Å². The van der Waals surface area contributed by atoms with Crippen molar-refractivity contribution in [3.05, 3.63) is 98.3 Å². The number of hydrogen-bond donors (Lipinski definition) is 2. The summed E-state index contributed by atoms with van der Waals surface area (Å²) in [6, 6.07) is 17.9. The Morgan fingerprint density at radius 3 is 2.23 bits per heavy atom. The number of nitrogens with zero attached hydrogens (tertiary/aromatic N) is 1. The van der Waals surface area contributed by atoms with Crippen LogP contribution < -0.4 is 15.6 Å². The number of hydrogen-bond acceptors (Lipinski definition) is 6. The summed E-state index contributed by atoms with van der Waals surface area (Å²) in [5, 5.41) is 3.30. The highest BCUT2D eigenvalue weighted by Crippen LogP contribution is 2.30. The van der Waals surface area contributed by atoms with Crippen molar-refractivity contribution in [2.75, 3.05) is 18.1 Å². The second kappa shape index (κ2) is 11.7. The molecule has 40 heavy (non-hydrogen) atoms. The van der Waals surface area contributed by atoms with E-state index in [0.717, 1.165) is 17.2 Å². The minimum absolute atomic E-state index is 0.0807. The van der Waals surface area contributed by atoms with Crippen molar-refractivity contribution in [1.82, 2.24) is 9.88 Å². The Morgan fingerprint density at radius 2 is 1.62 bits per heavy atom. The third kappa shape index (κ3) is 6.47. The normalized spacial score (nSPS) is 12.1. The summed E-state index contributed by atoms with van der Waals surface area (Å²) in [6.07, 6.45) is 1.04. The van der Waals surface area contributed by atoms with E-state index in [9.17, 15) is 22.8 Å². The first-order valence-corrected chi connectivity index (χ1v) is 14.6. The number of sulfonamides is 1. The molecule has 0 fully saturated rings. The van der Waals surface area contributed by atoms with Gasteiger partial charge in [0.15, 0.2) is 0 Å². The minimum Gasteiger partial charge on any atom is -0.467 e. The van der Waals surface area contributed by atoms with Crippen molar-refractivity contribution in [3.8, 4) is 11.1 Å². The number of halogens is 2. The average Bonchev–Trinajstić information content (AvgIpc) is 2.89. The van der Waals surface area contributed by atoms with E-state index in [2.05, 4.69) is 10.0 Å². The molecule has 3 aromatic carbocycles. The van der Waals surface area contributed by atoms with Gasteiger partial charge in [0, 0.05) is 19.0 Å². The highest BCUT2D eigenvalue weighted by Gasteiger charge is 2.26. The number of carbonyl (C=O) groups excluding carboxylic acids is 2. The van der Waals surface area contributed by atoms with E-state index in [0.29, 0.717) is 16.7 Å². The molecule has 0 aliphatic carbocycles. The zero-order valence-corrected chi connectivity index (χ0v) is 24.0. The summed E-state index contributed by atoms with van der Waals surface area (Å²) in [6.45, 7) is 0. The number of esters is 1. The fourth-order valence-electron chi connectivity index (χ4n) is 4.31. The number of aryl methyl sites for hydroxylation is 1. The number of para-hydroxylation sites is 1. The highest BCUT2D eigenvalue weighted by molar-refractivity contribution is 7.92. The molecule has 0 saturated carbocycles. The van der Waals surface area contributed by atoms with E-state index in [1.807, 2.05) is 30.3 Å². The predicted octanol–water partition coefficient (Wildman–Crippen LogP) is 4.40. The van der Waals surface area contributed by atoms with Crippen LogP contribution in [0.3, 0.4) is 0 Å². The Bertz CT molecular complexity index is 1760. The first kappa shape index (κ1) is 29.1. The van der Waals surface area contributed by atoms with E-state index in [1.54, 1.807) is 35.9 Å².